The highest BCUT2D eigenvalue weighted by Crippen LogP contribution is 2.45. The smallest absolute Gasteiger partial charge is 0.408 e. The number of hydrogen-bond donors (Lipinski definition) is 1. The SMILES string of the molecule is CC(C)(C)OC(=O)N[C@@H](c1ccc(F)cc1)[C@@]1(C)Cc2ccccc2C1=O. The third kappa shape index (κ3) is 3.87. The lowest BCUT2D eigenvalue weighted by molar-refractivity contribution is 0.0443. The van der Waals surface area contributed by atoms with E-state index in [0.29, 0.717) is 17.5 Å². The Kier molecular flexibility index (Phi) is 4.81. The van der Waals surface area contributed by atoms with Gasteiger partial charge in [0.25, 0.3) is 0 Å². The summed E-state index contributed by atoms with van der Waals surface area (Å²) in [6.45, 7) is 7.16. The normalized spacial score (nSPS) is 20.1. The van der Waals surface area contributed by atoms with Crippen LogP contribution in [0.1, 0.15) is 55.2 Å². The van der Waals surface area contributed by atoms with Crippen LogP contribution in [0.15, 0.2) is 48.5 Å². The number of hydrogen-bond acceptors (Lipinski definition) is 3. The van der Waals surface area contributed by atoms with Crippen molar-refractivity contribution in [1.29, 1.82) is 0 Å². The van der Waals surface area contributed by atoms with Crippen molar-refractivity contribution < 1.29 is 18.7 Å². The summed E-state index contributed by atoms with van der Waals surface area (Å²) in [7, 11) is 0. The van der Waals surface area contributed by atoms with Crippen molar-refractivity contribution in [2.24, 2.45) is 5.41 Å². The molecule has 0 heterocycles. The highest BCUT2D eigenvalue weighted by atomic mass is 19.1. The fourth-order valence-electron chi connectivity index (χ4n) is 3.60. The largest absolute Gasteiger partial charge is 0.444 e. The molecule has 0 fully saturated rings. The molecule has 5 heteroatoms. The minimum absolute atomic E-state index is 0.0384. The molecule has 1 amide bonds. The first-order valence-corrected chi connectivity index (χ1v) is 8.98. The molecule has 2 atom stereocenters. The van der Waals surface area contributed by atoms with E-state index in [0.717, 1.165) is 5.56 Å². The van der Waals surface area contributed by atoms with Gasteiger partial charge in [-0.2, -0.15) is 0 Å². The molecule has 2 aromatic carbocycles. The third-order valence-corrected chi connectivity index (χ3v) is 4.84. The molecule has 1 aliphatic rings. The molecule has 3 rings (SSSR count). The highest BCUT2D eigenvalue weighted by Gasteiger charge is 2.48. The summed E-state index contributed by atoms with van der Waals surface area (Å²) < 4.78 is 18.8. The van der Waals surface area contributed by atoms with E-state index in [4.69, 9.17) is 4.74 Å². The summed E-state index contributed by atoms with van der Waals surface area (Å²) in [6, 6.07) is 12.7. The number of carbonyl (C=O) groups is 2. The Balaban J connectivity index is 1.98. The average molecular weight is 369 g/mol. The number of fused-ring (bicyclic) bond motifs is 1. The van der Waals surface area contributed by atoms with Crippen molar-refractivity contribution in [3.05, 3.63) is 71.0 Å². The van der Waals surface area contributed by atoms with Gasteiger partial charge in [0.05, 0.1) is 11.5 Å². The number of amides is 1. The zero-order valence-corrected chi connectivity index (χ0v) is 16.0. The van der Waals surface area contributed by atoms with E-state index in [2.05, 4.69) is 5.32 Å². The maximum absolute atomic E-state index is 13.4. The average Bonchev–Trinajstić information content (AvgIpc) is 2.84. The zero-order valence-electron chi connectivity index (χ0n) is 16.0. The van der Waals surface area contributed by atoms with Crippen molar-refractivity contribution in [2.75, 3.05) is 0 Å². The van der Waals surface area contributed by atoms with Crippen LogP contribution in [0, 0.1) is 11.2 Å². The summed E-state index contributed by atoms with van der Waals surface area (Å²) in [5.41, 5.74) is 0.714. The summed E-state index contributed by atoms with van der Waals surface area (Å²) in [6.07, 6.45) is -0.123. The van der Waals surface area contributed by atoms with Crippen LogP contribution in [0.2, 0.25) is 0 Å². The first-order chi connectivity index (χ1) is 12.6. The summed E-state index contributed by atoms with van der Waals surface area (Å²) in [5.74, 6) is -0.413. The quantitative estimate of drug-likeness (QED) is 0.842. The van der Waals surface area contributed by atoms with E-state index in [-0.39, 0.29) is 11.6 Å². The molecule has 0 saturated carbocycles. The van der Waals surface area contributed by atoms with Crippen LogP contribution in [-0.2, 0) is 11.2 Å². The Morgan fingerprint density at radius 1 is 1.15 bits per heavy atom. The molecule has 2 aromatic rings. The van der Waals surface area contributed by atoms with E-state index >= 15 is 0 Å². The molecule has 4 nitrogen and oxygen atoms in total. The monoisotopic (exact) mass is 369 g/mol. The molecule has 0 radical (unpaired) electrons. The van der Waals surface area contributed by atoms with Crippen LogP contribution in [0.25, 0.3) is 0 Å². The first-order valence-electron chi connectivity index (χ1n) is 8.98. The lowest BCUT2D eigenvalue weighted by Crippen LogP contribution is -2.44. The fourth-order valence-corrected chi connectivity index (χ4v) is 3.60. The van der Waals surface area contributed by atoms with Gasteiger partial charge in [0.2, 0.25) is 0 Å². The molecule has 0 saturated heterocycles. The van der Waals surface area contributed by atoms with Gasteiger partial charge in [-0.1, -0.05) is 36.4 Å². The van der Waals surface area contributed by atoms with Crippen molar-refractivity contribution in [3.63, 3.8) is 0 Å². The van der Waals surface area contributed by atoms with Gasteiger partial charge < -0.3 is 10.1 Å². The number of ketones is 1. The Morgan fingerprint density at radius 2 is 1.78 bits per heavy atom. The van der Waals surface area contributed by atoms with Gasteiger partial charge >= 0.3 is 6.09 Å². The minimum Gasteiger partial charge on any atom is -0.444 e. The first kappa shape index (κ1) is 19.1. The second kappa shape index (κ2) is 6.80. The topological polar surface area (TPSA) is 55.4 Å². The Morgan fingerprint density at radius 3 is 2.37 bits per heavy atom. The van der Waals surface area contributed by atoms with Crippen LogP contribution >= 0.6 is 0 Å². The zero-order chi connectivity index (χ0) is 19.8. The number of carbonyl (C=O) groups excluding carboxylic acids is 2. The lowest BCUT2D eigenvalue weighted by atomic mass is 9.75. The van der Waals surface area contributed by atoms with Crippen LogP contribution in [0.5, 0.6) is 0 Å². The van der Waals surface area contributed by atoms with Crippen molar-refractivity contribution in [2.45, 2.75) is 45.8 Å². The standard InChI is InChI=1S/C22H24FNO3/c1-21(2,3)27-20(26)24-18(14-9-11-16(23)12-10-14)22(4)13-15-7-5-6-8-17(15)19(22)25/h5-12,18H,13H2,1-4H3,(H,24,26)/t18-,22+/m0/s1. The number of alkyl carbamates (subject to hydrolysis) is 1. The van der Waals surface area contributed by atoms with Crippen molar-refractivity contribution >= 4 is 11.9 Å². The Bertz CT molecular complexity index is 870. The van der Waals surface area contributed by atoms with Gasteiger partial charge in [0, 0.05) is 5.56 Å². The van der Waals surface area contributed by atoms with Gasteiger partial charge in [-0.25, -0.2) is 9.18 Å². The number of nitrogens with one attached hydrogen (secondary N) is 1. The number of Topliss-reactive ketones (excluding diaryl/α,β-unsaturated/α-hetero) is 1. The van der Waals surface area contributed by atoms with Gasteiger partial charge in [-0.05, 0) is 57.4 Å². The second-order valence-electron chi connectivity index (χ2n) is 8.21. The number of benzene rings is 2. The van der Waals surface area contributed by atoms with Crippen LogP contribution < -0.4 is 5.32 Å². The molecule has 27 heavy (non-hydrogen) atoms. The highest BCUT2D eigenvalue weighted by molar-refractivity contribution is 6.05. The molecule has 0 spiro atoms. The van der Waals surface area contributed by atoms with Crippen LogP contribution in [-0.4, -0.2) is 17.5 Å². The maximum Gasteiger partial charge on any atom is 0.408 e. The molecule has 142 valence electrons. The molecule has 0 unspecified atom stereocenters. The summed E-state index contributed by atoms with van der Waals surface area (Å²) in [4.78, 5) is 25.7. The Labute approximate surface area is 158 Å². The molecule has 1 aliphatic carbocycles. The summed E-state index contributed by atoms with van der Waals surface area (Å²) >= 11 is 0. The molecule has 0 aromatic heterocycles. The second-order valence-corrected chi connectivity index (χ2v) is 8.21. The van der Waals surface area contributed by atoms with E-state index in [1.807, 2.05) is 25.1 Å². The Hall–Kier alpha value is -2.69. The van der Waals surface area contributed by atoms with E-state index in [1.165, 1.54) is 12.1 Å². The predicted molar refractivity (Wildman–Crippen MR) is 101 cm³/mol. The van der Waals surface area contributed by atoms with Crippen LogP contribution in [0.3, 0.4) is 0 Å². The molecule has 1 N–H and O–H groups in total. The van der Waals surface area contributed by atoms with Gasteiger partial charge in [-0.3, -0.25) is 4.79 Å². The summed E-state index contributed by atoms with van der Waals surface area (Å²) in [5, 5.41) is 2.85. The molecule has 0 aliphatic heterocycles. The lowest BCUT2D eigenvalue weighted by Gasteiger charge is -2.34. The van der Waals surface area contributed by atoms with Gasteiger partial charge in [0.15, 0.2) is 5.78 Å². The van der Waals surface area contributed by atoms with Crippen molar-refractivity contribution in [1.82, 2.24) is 5.32 Å². The molecule has 0 bridgehead atoms. The van der Waals surface area contributed by atoms with Crippen molar-refractivity contribution in [3.8, 4) is 0 Å². The number of ether oxygens (including phenoxy) is 1. The van der Waals surface area contributed by atoms with Crippen LogP contribution in [0.4, 0.5) is 9.18 Å². The van der Waals surface area contributed by atoms with Gasteiger partial charge in [-0.15, -0.1) is 0 Å². The fraction of sp³-hybridized carbons (Fsp3) is 0.364. The minimum atomic E-state index is -0.890. The number of halogens is 1. The third-order valence-electron chi connectivity index (χ3n) is 4.84. The van der Waals surface area contributed by atoms with Gasteiger partial charge in [0.1, 0.15) is 11.4 Å². The van der Waals surface area contributed by atoms with E-state index in [1.54, 1.807) is 39.0 Å². The molecular weight excluding hydrogens is 345 g/mol. The maximum atomic E-state index is 13.4. The molecular formula is C22H24FNO3. The predicted octanol–water partition coefficient (Wildman–Crippen LogP) is 4.84. The van der Waals surface area contributed by atoms with E-state index < -0.39 is 23.2 Å². The number of rotatable bonds is 3. The van der Waals surface area contributed by atoms with E-state index in [9.17, 15) is 14.0 Å².